The van der Waals surface area contributed by atoms with Crippen molar-refractivity contribution in [3.63, 3.8) is 0 Å². The summed E-state index contributed by atoms with van der Waals surface area (Å²) in [6.45, 7) is 0. The van der Waals surface area contributed by atoms with E-state index in [1.165, 1.54) is 12.1 Å². The first-order chi connectivity index (χ1) is 8.91. The van der Waals surface area contributed by atoms with E-state index >= 15 is 0 Å². The Morgan fingerprint density at radius 2 is 2.00 bits per heavy atom. The zero-order valence-corrected chi connectivity index (χ0v) is 8.53. The fraction of sp³-hybridized carbons (Fsp3) is 0. The van der Waals surface area contributed by atoms with Crippen LogP contribution in [0.2, 0.25) is 0 Å². The maximum Gasteiger partial charge on any atom is 0.135 e. The minimum Gasteiger partial charge on any atom is -0.456 e. The van der Waals surface area contributed by atoms with Crippen LogP contribution in [0, 0.1) is 0 Å². The maximum absolute atomic E-state index is 8.03. The van der Waals surface area contributed by atoms with E-state index in [9.17, 15) is 0 Å². The van der Waals surface area contributed by atoms with Crippen LogP contribution in [0.25, 0.3) is 21.9 Å². The van der Waals surface area contributed by atoms with Crippen LogP contribution in [0.4, 0.5) is 0 Å². The third kappa shape index (κ3) is 1.07. The first-order valence-corrected chi connectivity index (χ1v) is 4.79. The summed E-state index contributed by atoms with van der Waals surface area (Å²) >= 11 is 3.20. The van der Waals surface area contributed by atoms with Crippen molar-refractivity contribution in [2.24, 2.45) is 0 Å². The monoisotopic (exact) mass is 251 g/mol. The number of fused-ring (bicyclic) bond motifs is 3. The molecule has 0 fully saturated rings. The topological polar surface area (TPSA) is 13.1 Å². The summed E-state index contributed by atoms with van der Waals surface area (Å²) in [5.74, 6) is 0. The highest BCUT2D eigenvalue weighted by atomic mass is 79.9. The smallest absolute Gasteiger partial charge is 0.135 e. The summed E-state index contributed by atoms with van der Waals surface area (Å²) in [6, 6.07) is 2.67. The Hall–Kier alpha value is -1.28. The van der Waals surface area contributed by atoms with E-state index in [1.54, 1.807) is 0 Å². The van der Waals surface area contributed by atoms with Gasteiger partial charge in [0, 0.05) is 15.2 Å². The molecule has 1 nitrogen and oxygen atoms in total. The zero-order valence-electron chi connectivity index (χ0n) is 11.9. The van der Waals surface area contributed by atoms with Crippen LogP contribution >= 0.6 is 15.9 Å². The van der Waals surface area contributed by atoms with Crippen LogP contribution in [-0.2, 0) is 0 Å². The molecule has 68 valence electrons. The third-order valence-corrected chi connectivity index (χ3v) is 2.38. The summed E-state index contributed by atoms with van der Waals surface area (Å²) in [6.07, 6.45) is 0. The predicted octanol–water partition coefficient (Wildman–Crippen LogP) is 4.35. The van der Waals surface area contributed by atoms with Crippen LogP contribution in [0.15, 0.2) is 51.2 Å². The molecular weight excluding hydrogens is 240 g/mol. The standard InChI is InChI=1S/C12H7BrO/c13-8-5-6-12-10(7-8)9-3-1-2-4-11(9)14-12/h1-7H/i1D,3D,4D,6D,7D. The molecule has 3 aromatic rings. The summed E-state index contributed by atoms with van der Waals surface area (Å²) < 4.78 is 45.2. The molecule has 0 aliphatic rings. The van der Waals surface area contributed by atoms with Gasteiger partial charge in [0.2, 0.25) is 0 Å². The molecule has 0 saturated heterocycles. The van der Waals surface area contributed by atoms with Crippen molar-refractivity contribution in [2.75, 3.05) is 0 Å². The van der Waals surface area contributed by atoms with Crippen molar-refractivity contribution in [1.82, 2.24) is 0 Å². The summed E-state index contributed by atoms with van der Waals surface area (Å²) in [5.41, 5.74) is 0.326. The Morgan fingerprint density at radius 3 is 2.93 bits per heavy atom. The molecule has 2 heteroatoms. The van der Waals surface area contributed by atoms with Crippen LogP contribution < -0.4 is 0 Å². The minimum absolute atomic E-state index is 0.0119. The Morgan fingerprint density at radius 1 is 1.14 bits per heavy atom. The van der Waals surface area contributed by atoms with Crippen LogP contribution in [-0.4, -0.2) is 0 Å². The molecule has 0 aliphatic heterocycles. The van der Waals surface area contributed by atoms with Gasteiger partial charge in [0.25, 0.3) is 0 Å². The number of benzene rings is 2. The first-order valence-electron chi connectivity index (χ1n) is 6.50. The van der Waals surface area contributed by atoms with E-state index in [1.807, 2.05) is 0 Å². The molecule has 0 aliphatic carbocycles. The molecule has 3 rings (SSSR count). The molecule has 0 N–H and O–H groups in total. The highest BCUT2D eigenvalue weighted by Gasteiger charge is 2.05. The van der Waals surface area contributed by atoms with Crippen molar-refractivity contribution in [3.05, 3.63) is 46.8 Å². The summed E-state index contributed by atoms with van der Waals surface area (Å²) in [5, 5.41) is 0.564. The van der Waals surface area contributed by atoms with Crippen molar-refractivity contribution in [2.45, 2.75) is 0 Å². The molecule has 0 atom stereocenters. The van der Waals surface area contributed by atoms with Crippen molar-refractivity contribution in [1.29, 1.82) is 0 Å². The van der Waals surface area contributed by atoms with Gasteiger partial charge in [-0.2, -0.15) is 0 Å². The summed E-state index contributed by atoms with van der Waals surface area (Å²) in [7, 11) is 0. The largest absolute Gasteiger partial charge is 0.456 e. The lowest BCUT2D eigenvalue weighted by Gasteiger charge is -1.89. The predicted molar refractivity (Wildman–Crippen MR) is 61.4 cm³/mol. The van der Waals surface area contributed by atoms with Crippen molar-refractivity contribution >= 4 is 37.9 Å². The van der Waals surface area contributed by atoms with Gasteiger partial charge in [-0.3, -0.25) is 0 Å². The highest BCUT2D eigenvalue weighted by molar-refractivity contribution is 9.10. The number of hydrogen-bond acceptors (Lipinski definition) is 1. The lowest BCUT2D eigenvalue weighted by atomic mass is 10.2. The van der Waals surface area contributed by atoms with Gasteiger partial charge >= 0.3 is 0 Å². The van der Waals surface area contributed by atoms with Gasteiger partial charge in [-0.25, -0.2) is 0 Å². The van der Waals surface area contributed by atoms with Gasteiger partial charge in [-0.1, -0.05) is 34.1 Å². The number of hydrogen-bond donors (Lipinski definition) is 0. The van der Waals surface area contributed by atoms with Crippen molar-refractivity contribution in [3.8, 4) is 0 Å². The Labute approximate surface area is 96.5 Å². The van der Waals surface area contributed by atoms with Crippen LogP contribution in [0.5, 0.6) is 0 Å². The second-order valence-corrected chi connectivity index (χ2v) is 3.68. The van der Waals surface area contributed by atoms with Gasteiger partial charge in [-0.05, 0) is 24.2 Å². The quantitative estimate of drug-likeness (QED) is 0.579. The second kappa shape index (κ2) is 2.85. The molecule has 14 heavy (non-hydrogen) atoms. The Balaban J connectivity index is 2.71. The van der Waals surface area contributed by atoms with Gasteiger partial charge in [0.1, 0.15) is 11.2 Å². The van der Waals surface area contributed by atoms with Crippen LogP contribution in [0.3, 0.4) is 0 Å². The zero-order chi connectivity index (χ0) is 13.9. The van der Waals surface area contributed by atoms with Gasteiger partial charge in [-0.15, -0.1) is 0 Å². The molecule has 0 bridgehead atoms. The average Bonchev–Trinajstić information content (AvgIpc) is 2.75. The van der Waals surface area contributed by atoms with Crippen molar-refractivity contribution < 1.29 is 11.3 Å². The lowest BCUT2D eigenvalue weighted by Crippen LogP contribution is -1.66. The van der Waals surface area contributed by atoms with E-state index < -0.39 is 0 Å². The van der Waals surface area contributed by atoms with Gasteiger partial charge < -0.3 is 4.42 Å². The van der Waals surface area contributed by atoms with Gasteiger partial charge in [0.05, 0.1) is 6.85 Å². The number of halogens is 1. The fourth-order valence-electron chi connectivity index (χ4n) is 1.37. The Bertz CT molecular complexity index is 771. The molecule has 1 heterocycles. The molecule has 2 aromatic carbocycles. The van der Waals surface area contributed by atoms with E-state index in [-0.39, 0.29) is 46.8 Å². The third-order valence-electron chi connectivity index (χ3n) is 1.96. The Kier molecular flexibility index (Phi) is 0.916. The number of rotatable bonds is 0. The van der Waals surface area contributed by atoms with E-state index in [4.69, 9.17) is 11.3 Å². The van der Waals surface area contributed by atoms with E-state index in [0.717, 1.165) is 0 Å². The fourth-order valence-corrected chi connectivity index (χ4v) is 1.68. The minimum atomic E-state index is -0.0916. The molecular formula is C12H7BrO. The average molecular weight is 252 g/mol. The molecule has 0 spiro atoms. The molecule has 0 amide bonds. The van der Waals surface area contributed by atoms with Crippen LogP contribution in [0.1, 0.15) is 6.85 Å². The second-order valence-electron chi connectivity index (χ2n) is 2.83. The summed E-state index contributed by atoms with van der Waals surface area (Å²) in [4.78, 5) is 0. The molecule has 0 saturated carbocycles. The molecule has 1 aromatic heterocycles. The van der Waals surface area contributed by atoms with E-state index in [2.05, 4.69) is 15.9 Å². The van der Waals surface area contributed by atoms with Gasteiger partial charge in [0.15, 0.2) is 0 Å². The van der Waals surface area contributed by atoms with E-state index in [0.29, 0.717) is 9.86 Å². The molecule has 0 radical (unpaired) electrons. The number of furan rings is 1. The highest BCUT2D eigenvalue weighted by Crippen LogP contribution is 2.30. The first kappa shape index (κ1) is 4.49. The lowest BCUT2D eigenvalue weighted by molar-refractivity contribution is 0.669. The number of para-hydroxylation sites is 1. The SMILES string of the molecule is [2H]c1cc([2H])c2oc3c([2H])cc(Br)c([2H])c3c2c1[2H]. The maximum atomic E-state index is 8.03. The normalized spacial score (nSPS) is 16.2. The molecule has 0 unspecified atom stereocenters.